The Morgan fingerprint density at radius 3 is 2.41 bits per heavy atom. The number of aliphatic hydroxyl groups excluding tert-OH is 1. The average Bonchev–Trinajstić information content (AvgIpc) is 2.42. The summed E-state index contributed by atoms with van der Waals surface area (Å²) in [5.74, 6) is 0.791. The summed E-state index contributed by atoms with van der Waals surface area (Å²) in [6.45, 7) is 9.29. The Kier molecular flexibility index (Phi) is 6.68. The molecule has 1 unspecified atom stereocenters. The highest BCUT2D eigenvalue weighted by atomic mass is 16.5. The third-order valence-electron chi connectivity index (χ3n) is 3.25. The van der Waals surface area contributed by atoms with Gasteiger partial charge in [0.15, 0.2) is 0 Å². The second-order valence-corrected chi connectivity index (χ2v) is 6.58. The van der Waals surface area contributed by atoms with Crippen LogP contribution in [0.2, 0.25) is 0 Å². The number of hydrogen-bond acceptors (Lipinski definition) is 3. The molecular weight excluding hydrogens is 280 g/mol. The van der Waals surface area contributed by atoms with E-state index in [-0.39, 0.29) is 11.4 Å². The highest BCUT2D eigenvalue weighted by Gasteiger charge is 2.13. The second-order valence-electron chi connectivity index (χ2n) is 6.58. The summed E-state index contributed by atoms with van der Waals surface area (Å²) >= 11 is 0. The Morgan fingerprint density at radius 2 is 1.91 bits per heavy atom. The monoisotopic (exact) mass is 308 g/mol. The molecule has 1 aromatic rings. The first-order valence-electron chi connectivity index (χ1n) is 7.60. The van der Waals surface area contributed by atoms with Crippen molar-refractivity contribution in [1.82, 2.24) is 10.2 Å². The number of likely N-dealkylation sites (N-methyl/N-ethyl adjacent to an activating group) is 1. The molecule has 1 atom stereocenters. The maximum Gasteiger partial charge on any atom is 0.317 e. The van der Waals surface area contributed by atoms with Gasteiger partial charge >= 0.3 is 6.03 Å². The molecule has 22 heavy (non-hydrogen) atoms. The minimum absolute atomic E-state index is 0.126. The predicted octanol–water partition coefficient (Wildman–Crippen LogP) is 2.39. The lowest BCUT2D eigenvalue weighted by molar-refractivity contribution is 0.143. The van der Waals surface area contributed by atoms with E-state index < -0.39 is 6.10 Å². The minimum Gasteiger partial charge on any atom is -0.492 e. The van der Waals surface area contributed by atoms with Gasteiger partial charge < -0.3 is 20.1 Å². The summed E-state index contributed by atoms with van der Waals surface area (Å²) in [6.07, 6.45) is -0.534. The van der Waals surface area contributed by atoms with E-state index >= 15 is 0 Å². The first kappa shape index (κ1) is 18.3. The Labute approximate surface area is 133 Å². The maximum atomic E-state index is 11.7. The summed E-state index contributed by atoms with van der Waals surface area (Å²) in [5.41, 5.74) is 1.38. The second kappa shape index (κ2) is 8.03. The van der Waals surface area contributed by atoms with Crippen LogP contribution in [0.15, 0.2) is 24.3 Å². The van der Waals surface area contributed by atoms with Gasteiger partial charge in [-0.15, -0.1) is 0 Å². The van der Waals surface area contributed by atoms with Crippen LogP contribution >= 0.6 is 0 Å². The quantitative estimate of drug-likeness (QED) is 0.793. The van der Waals surface area contributed by atoms with E-state index in [4.69, 9.17) is 4.74 Å². The van der Waals surface area contributed by atoms with Gasteiger partial charge in [-0.3, -0.25) is 0 Å². The molecule has 0 aliphatic carbocycles. The highest BCUT2D eigenvalue weighted by molar-refractivity contribution is 5.73. The van der Waals surface area contributed by atoms with Gasteiger partial charge in [0.1, 0.15) is 12.4 Å². The lowest BCUT2D eigenvalue weighted by Crippen LogP contribution is -2.42. The average molecular weight is 308 g/mol. The van der Waals surface area contributed by atoms with Gasteiger partial charge in [-0.1, -0.05) is 32.9 Å². The lowest BCUT2D eigenvalue weighted by atomic mass is 9.87. The summed E-state index contributed by atoms with van der Waals surface area (Å²) in [6, 6.07) is 7.80. The van der Waals surface area contributed by atoms with Gasteiger partial charge in [-0.2, -0.15) is 0 Å². The number of carbonyl (C=O) groups excluding carboxylic acids is 1. The molecule has 124 valence electrons. The van der Waals surface area contributed by atoms with Gasteiger partial charge in [-0.05, 0) is 30.0 Å². The SMILES string of the molecule is CC(O)CN(C)C(=O)NCCOc1ccc(C(C)(C)C)cc1. The van der Waals surface area contributed by atoms with Gasteiger partial charge in [-0.25, -0.2) is 4.79 Å². The van der Waals surface area contributed by atoms with Crippen molar-refractivity contribution in [2.75, 3.05) is 26.7 Å². The molecule has 5 nitrogen and oxygen atoms in total. The van der Waals surface area contributed by atoms with Crippen molar-refractivity contribution < 1.29 is 14.6 Å². The van der Waals surface area contributed by atoms with E-state index in [0.29, 0.717) is 19.7 Å². The third-order valence-corrected chi connectivity index (χ3v) is 3.25. The van der Waals surface area contributed by atoms with Crippen molar-refractivity contribution in [2.45, 2.75) is 39.2 Å². The standard InChI is InChI=1S/C17H28N2O3/c1-13(20)12-19(5)16(21)18-10-11-22-15-8-6-14(7-9-15)17(2,3)4/h6-9,13,20H,10-12H2,1-5H3,(H,18,21). The maximum absolute atomic E-state index is 11.7. The van der Waals surface area contributed by atoms with Crippen LogP contribution in [-0.2, 0) is 5.41 Å². The molecule has 0 heterocycles. The summed E-state index contributed by atoms with van der Waals surface area (Å²) in [7, 11) is 1.65. The molecule has 0 saturated carbocycles. The molecule has 0 aliphatic rings. The van der Waals surface area contributed by atoms with Crippen LogP contribution in [0.4, 0.5) is 4.79 Å². The van der Waals surface area contributed by atoms with Crippen molar-refractivity contribution in [2.24, 2.45) is 0 Å². The van der Waals surface area contributed by atoms with Crippen LogP contribution in [0.1, 0.15) is 33.3 Å². The fourth-order valence-corrected chi connectivity index (χ4v) is 1.99. The molecule has 5 heteroatoms. The summed E-state index contributed by atoms with van der Waals surface area (Å²) in [4.78, 5) is 13.1. The molecule has 0 fully saturated rings. The highest BCUT2D eigenvalue weighted by Crippen LogP contribution is 2.24. The number of amides is 2. The van der Waals surface area contributed by atoms with E-state index in [2.05, 4.69) is 38.2 Å². The van der Waals surface area contributed by atoms with Gasteiger partial charge in [0.25, 0.3) is 0 Å². The number of nitrogens with zero attached hydrogens (tertiary/aromatic N) is 1. The molecule has 0 radical (unpaired) electrons. The zero-order valence-electron chi connectivity index (χ0n) is 14.2. The number of benzene rings is 1. The number of rotatable bonds is 6. The van der Waals surface area contributed by atoms with Crippen molar-refractivity contribution in [3.05, 3.63) is 29.8 Å². The van der Waals surface area contributed by atoms with Crippen molar-refractivity contribution in [3.8, 4) is 5.75 Å². The molecule has 0 aliphatic heterocycles. The fourth-order valence-electron chi connectivity index (χ4n) is 1.99. The number of carbonyl (C=O) groups is 1. The van der Waals surface area contributed by atoms with Crippen LogP contribution in [0.5, 0.6) is 5.75 Å². The topological polar surface area (TPSA) is 61.8 Å². The van der Waals surface area contributed by atoms with Crippen LogP contribution in [-0.4, -0.2) is 48.9 Å². The number of aliphatic hydroxyl groups is 1. The lowest BCUT2D eigenvalue weighted by Gasteiger charge is -2.20. The van der Waals surface area contributed by atoms with Crippen LogP contribution in [0.3, 0.4) is 0 Å². The normalized spacial score (nSPS) is 12.6. The Bertz CT molecular complexity index is 464. The van der Waals surface area contributed by atoms with Crippen molar-refractivity contribution in [3.63, 3.8) is 0 Å². The first-order chi connectivity index (χ1) is 10.2. The molecule has 1 rings (SSSR count). The fraction of sp³-hybridized carbons (Fsp3) is 0.588. The first-order valence-corrected chi connectivity index (χ1v) is 7.60. The van der Waals surface area contributed by atoms with Crippen LogP contribution in [0, 0.1) is 0 Å². The van der Waals surface area contributed by atoms with Gasteiger partial charge in [0.05, 0.1) is 12.6 Å². The Hall–Kier alpha value is -1.75. The summed E-state index contributed by atoms with van der Waals surface area (Å²) < 4.78 is 5.60. The molecule has 1 aromatic carbocycles. The minimum atomic E-state index is -0.534. The summed E-state index contributed by atoms with van der Waals surface area (Å²) in [5, 5.41) is 12.0. The Morgan fingerprint density at radius 1 is 1.32 bits per heavy atom. The van der Waals surface area contributed by atoms with E-state index in [1.165, 1.54) is 10.5 Å². The van der Waals surface area contributed by atoms with Gasteiger partial charge in [0, 0.05) is 13.6 Å². The van der Waals surface area contributed by atoms with Crippen LogP contribution < -0.4 is 10.1 Å². The van der Waals surface area contributed by atoms with Crippen molar-refractivity contribution in [1.29, 1.82) is 0 Å². The largest absolute Gasteiger partial charge is 0.492 e. The van der Waals surface area contributed by atoms with E-state index in [1.807, 2.05) is 12.1 Å². The van der Waals surface area contributed by atoms with E-state index in [1.54, 1.807) is 14.0 Å². The Balaban J connectivity index is 2.31. The van der Waals surface area contributed by atoms with Crippen molar-refractivity contribution >= 4 is 6.03 Å². The van der Waals surface area contributed by atoms with Crippen LogP contribution in [0.25, 0.3) is 0 Å². The molecular formula is C17H28N2O3. The molecule has 2 N–H and O–H groups in total. The predicted molar refractivity (Wildman–Crippen MR) is 88.3 cm³/mol. The molecule has 0 bridgehead atoms. The molecule has 2 amide bonds. The molecule has 0 saturated heterocycles. The van der Waals surface area contributed by atoms with E-state index in [9.17, 15) is 9.90 Å². The smallest absolute Gasteiger partial charge is 0.317 e. The van der Waals surface area contributed by atoms with Gasteiger partial charge in [0.2, 0.25) is 0 Å². The number of hydrogen-bond donors (Lipinski definition) is 2. The molecule has 0 aromatic heterocycles. The number of urea groups is 1. The van der Waals surface area contributed by atoms with E-state index in [0.717, 1.165) is 5.75 Å². The third kappa shape index (κ3) is 6.35. The number of nitrogens with one attached hydrogen (secondary N) is 1. The zero-order chi connectivity index (χ0) is 16.8. The number of ether oxygens (including phenoxy) is 1. The molecule has 0 spiro atoms. The zero-order valence-corrected chi connectivity index (χ0v) is 14.2.